The molecule has 6 heteroatoms. The van der Waals surface area contributed by atoms with Crippen molar-refractivity contribution in [2.45, 2.75) is 51.0 Å². The van der Waals surface area contributed by atoms with Gasteiger partial charge in [0, 0.05) is 11.4 Å². The Bertz CT molecular complexity index is 599. The number of aromatic nitrogens is 3. The van der Waals surface area contributed by atoms with E-state index in [0.717, 1.165) is 32.2 Å². The molecule has 1 saturated carbocycles. The summed E-state index contributed by atoms with van der Waals surface area (Å²) in [7, 11) is 0. The molecular weight excluding hydrogens is 284 g/mol. The van der Waals surface area contributed by atoms with Crippen molar-refractivity contribution < 1.29 is 4.79 Å². The molecule has 0 aliphatic heterocycles. The number of hydrogen-bond donors (Lipinski definition) is 1. The summed E-state index contributed by atoms with van der Waals surface area (Å²) in [6.45, 7) is 2.75. The van der Waals surface area contributed by atoms with Crippen LogP contribution in [0.3, 0.4) is 0 Å². The number of carbonyl (C=O) groups excluding carboxylic acids is 1. The topological polar surface area (TPSA) is 59.8 Å². The number of carbonyl (C=O) groups is 1. The quantitative estimate of drug-likeness (QED) is 0.943. The second kappa shape index (κ2) is 5.97. The third-order valence-electron chi connectivity index (χ3n) is 4.32. The van der Waals surface area contributed by atoms with E-state index in [9.17, 15) is 4.79 Å². The first-order valence-corrected chi connectivity index (χ1v) is 8.37. The molecule has 5 nitrogen and oxygen atoms in total. The molecule has 1 N–H and O–H groups in total. The number of aryl methyl sites for hydroxylation is 1. The van der Waals surface area contributed by atoms with Crippen molar-refractivity contribution in [3.05, 3.63) is 28.7 Å². The third-order valence-corrected chi connectivity index (χ3v) is 5.39. The maximum atomic E-state index is 13.0. The van der Waals surface area contributed by atoms with Crippen LogP contribution in [0.4, 0.5) is 5.95 Å². The summed E-state index contributed by atoms with van der Waals surface area (Å²) in [5.41, 5.74) is -0.392. The molecule has 2 aromatic rings. The van der Waals surface area contributed by atoms with Gasteiger partial charge in [-0.05, 0) is 31.2 Å². The van der Waals surface area contributed by atoms with Crippen molar-refractivity contribution in [1.29, 1.82) is 0 Å². The minimum atomic E-state index is -0.392. The van der Waals surface area contributed by atoms with E-state index in [1.54, 1.807) is 17.7 Å². The van der Waals surface area contributed by atoms with Crippen LogP contribution in [0.5, 0.6) is 0 Å². The van der Waals surface area contributed by atoms with Gasteiger partial charge in [0.2, 0.25) is 11.9 Å². The SMILES string of the molecule is CCn1cnnc1NC(=O)C1(c2cccs2)CCCCC1. The van der Waals surface area contributed by atoms with E-state index < -0.39 is 5.41 Å². The predicted octanol–water partition coefficient (Wildman–Crippen LogP) is 3.20. The molecule has 1 amide bonds. The van der Waals surface area contributed by atoms with Crippen molar-refractivity contribution in [3.63, 3.8) is 0 Å². The van der Waals surface area contributed by atoms with Gasteiger partial charge < -0.3 is 4.57 Å². The number of nitrogens with zero attached hydrogens (tertiary/aromatic N) is 3. The Morgan fingerprint density at radius 1 is 1.43 bits per heavy atom. The van der Waals surface area contributed by atoms with E-state index in [2.05, 4.69) is 21.6 Å². The van der Waals surface area contributed by atoms with E-state index in [-0.39, 0.29) is 5.91 Å². The fraction of sp³-hybridized carbons (Fsp3) is 0.533. The van der Waals surface area contributed by atoms with Gasteiger partial charge in [-0.3, -0.25) is 10.1 Å². The van der Waals surface area contributed by atoms with E-state index in [1.807, 2.05) is 22.9 Å². The zero-order chi connectivity index (χ0) is 14.7. The standard InChI is InChI=1S/C15H20N4OS/c1-2-19-11-16-18-14(19)17-13(20)15(8-4-3-5-9-15)12-7-6-10-21-12/h6-7,10-11H,2-5,8-9H2,1H3,(H,17,18,20). The fourth-order valence-electron chi connectivity index (χ4n) is 3.10. The lowest BCUT2D eigenvalue weighted by Gasteiger charge is -2.34. The third kappa shape index (κ3) is 2.60. The van der Waals surface area contributed by atoms with Crippen molar-refractivity contribution >= 4 is 23.2 Å². The van der Waals surface area contributed by atoms with Crippen LogP contribution in [0.1, 0.15) is 43.9 Å². The molecular formula is C15H20N4OS. The van der Waals surface area contributed by atoms with Crippen molar-refractivity contribution in [2.24, 2.45) is 0 Å². The van der Waals surface area contributed by atoms with Crippen molar-refractivity contribution in [3.8, 4) is 0 Å². The van der Waals surface area contributed by atoms with Crippen molar-refractivity contribution in [1.82, 2.24) is 14.8 Å². The molecule has 0 spiro atoms. The molecule has 0 aromatic carbocycles. The van der Waals surface area contributed by atoms with Gasteiger partial charge in [-0.2, -0.15) is 0 Å². The maximum absolute atomic E-state index is 13.0. The highest BCUT2D eigenvalue weighted by atomic mass is 32.1. The number of hydrogen-bond acceptors (Lipinski definition) is 4. The Balaban J connectivity index is 1.88. The fourth-order valence-corrected chi connectivity index (χ4v) is 4.08. The van der Waals surface area contributed by atoms with Crippen LogP contribution in [0, 0.1) is 0 Å². The highest BCUT2D eigenvalue weighted by molar-refractivity contribution is 7.10. The molecule has 112 valence electrons. The van der Waals surface area contributed by atoms with Crippen LogP contribution in [0.25, 0.3) is 0 Å². The maximum Gasteiger partial charge on any atom is 0.238 e. The van der Waals surface area contributed by atoms with Gasteiger partial charge >= 0.3 is 0 Å². The summed E-state index contributed by atoms with van der Waals surface area (Å²) in [6, 6.07) is 4.11. The first-order valence-electron chi connectivity index (χ1n) is 7.49. The van der Waals surface area contributed by atoms with Gasteiger partial charge in [0.05, 0.1) is 5.41 Å². The highest BCUT2D eigenvalue weighted by Crippen LogP contribution is 2.42. The number of amides is 1. The molecule has 21 heavy (non-hydrogen) atoms. The van der Waals surface area contributed by atoms with Crippen LogP contribution in [0.2, 0.25) is 0 Å². The van der Waals surface area contributed by atoms with Crippen LogP contribution in [-0.4, -0.2) is 20.7 Å². The normalized spacial score (nSPS) is 17.6. The molecule has 0 radical (unpaired) electrons. The second-order valence-corrected chi connectivity index (χ2v) is 6.46. The average Bonchev–Trinajstić information content (AvgIpc) is 3.19. The van der Waals surface area contributed by atoms with E-state index >= 15 is 0 Å². The van der Waals surface area contributed by atoms with Crippen LogP contribution >= 0.6 is 11.3 Å². The zero-order valence-electron chi connectivity index (χ0n) is 12.2. The summed E-state index contributed by atoms with van der Waals surface area (Å²) >= 11 is 1.68. The first-order chi connectivity index (χ1) is 10.3. The summed E-state index contributed by atoms with van der Waals surface area (Å²) in [5.74, 6) is 0.608. The Labute approximate surface area is 128 Å². The zero-order valence-corrected chi connectivity index (χ0v) is 13.0. The molecule has 0 saturated heterocycles. The van der Waals surface area contributed by atoms with Gasteiger partial charge in [-0.25, -0.2) is 0 Å². The molecule has 2 aromatic heterocycles. The molecule has 0 bridgehead atoms. The van der Waals surface area contributed by atoms with Crippen LogP contribution in [-0.2, 0) is 16.8 Å². The Hall–Kier alpha value is -1.69. The van der Waals surface area contributed by atoms with Gasteiger partial charge in [0.25, 0.3) is 0 Å². The number of thiophene rings is 1. The van der Waals surface area contributed by atoms with Crippen LogP contribution < -0.4 is 5.32 Å². The minimum absolute atomic E-state index is 0.0624. The van der Waals surface area contributed by atoms with Crippen LogP contribution in [0.15, 0.2) is 23.8 Å². The number of anilines is 1. The molecule has 2 heterocycles. The lowest BCUT2D eigenvalue weighted by Crippen LogP contribution is -2.42. The van der Waals surface area contributed by atoms with E-state index in [0.29, 0.717) is 5.95 Å². The smallest absolute Gasteiger partial charge is 0.238 e. The molecule has 1 fully saturated rings. The second-order valence-electron chi connectivity index (χ2n) is 5.51. The number of nitrogens with one attached hydrogen (secondary N) is 1. The largest absolute Gasteiger partial charge is 0.300 e. The molecule has 0 atom stereocenters. The van der Waals surface area contributed by atoms with E-state index in [4.69, 9.17) is 0 Å². The van der Waals surface area contributed by atoms with Gasteiger partial charge in [0.15, 0.2) is 0 Å². The summed E-state index contributed by atoms with van der Waals surface area (Å²) in [6.07, 6.45) is 6.90. The molecule has 0 unspecified atom stereocenters. The summed E-state index contributed by atoms with van der Waals surface area (Å²) in [4.78, 5) is 14.1. The number of rotatable bonds is 4. The average molecular weight is 304 g/mol. The molecule has 3 rings (SSSR count). The van der Waals surface area contributed by atoms with Gasteiger partial charge in [-0.15, -0.1) is 21.5 Å². The lowest BCUT2D eigenvalue weighted by molar-refractivity contribution is -0.122. The summed E-state index contributed by atoms with van der Waals surface area (Å²) in [5, 5.41) is 12.9. The highest BCUT2D eigenvalue weighted by Gasteiger charge is 2.42. The Morgan fingerprint density at radius 3 is 2.90 bits per heavy atom. The van der Waals surface area contributed by atoms with Gasteiger partial charge in [-0.1, -0.05) is 25.3 Å². The minimum Gasteiger partial charge on any atom is -0.300 e. The molecule has 1 aliphatic carbocycles. The summed E-state index contributed by atoms with van der Waals surface area (Å²) < 4.78 is 1.85. The lowest BCUT2D eigenvalue weighted by atomic mass is 9.72. The Morgan fingerprint density at radius 2 is 2.24 bits per heavy atom. The first kappa shape index (κ1) is 14.3. The monoisotopic (exact) mass is 304 g/mol. The predicted molar refractivity (Wildman–Crippen MR) is 83.4 cm³/mol. The van der Waals surface area contributed by atoms with Crippen molar-refractivity contribution in [2.75, 3.05) is 5.32 Å². The van der Waals surface area contributed by atoms with E-state index in [1.165, 1.54) is 11.3 Å². The molecule has 1 aliphatic rings. The Kier molecular flexibility index (Phi) is 4.05. The van der Waals surface area contributed by atoms with Gasteiger partial charge in [0.1, 0.15) is 6.33 Å².